The third-order valence-corrected chi connectivity index (χ3v) is 2.99. The Bertz CT molecular complexity index is 501. The third-order valence-electron chi connectivity index (χ3n) is 2.99. The Morgan fingerprint density at radius 1 is 1.39 bits per heavy atom. The number of carbonyl (C=O) groups excluding carboxylic acids is 1. The van der Waals surface area contributed by atoms with Gasteiger partial charge < -0.3 is 20.0 Å². The molecule has 0 aromatic heterocycles. The van der Waals surface area contributed by atoms with Crippen LogP contribution in [0.5, 0.6) is 0 Å². The number of hydrogen-bond acceptors (Lipinski definition) is 4. The normalized spacial score (nSPS) is 14.7. The van der Waals surface area contributed by atoms with E-state index < -0.39 is 5.97 Å². The van der Waals surface area contributed by atoms with Crippen molar-refractivity contribution in [1.29, 1.82) is 0 Å². The van der Waals surface area contributed by atoms with Gasteiger partial charge in [0.2, 0.25) is 5.91 Å². The minimum atomic E-state index is -1.03. The minimum absolute atomic E-state index is 0.0584. The van der Waals surface area contributed by atoms with Crippen LogP contribution >= 0.6 is 0 Å². The highest BCUT2D eigenvalue weighted by atomic mass is 16.4. The summed E-state index contributed by atoms with van der Waals surface area (Å²) in [5, 5.41) is 17.9. The molecule has 18 heavy (non-hydrogen) atoms. The lowest BCUT2D eigenvalue weighted by Gasteiger charge is -2.35. The fourth-order valence-corrected chi connectivity index (χ4v) is 2.00. The summed E-state index contributed by atoms with van der Waals surface area (Å²) in [5.74, 6) is -1.16. The lowest BCUT2D eigenvalue weighted by Crippen LogP contribution is -2.45. The molecule has 1 aliphatic rings. The number of aliphatic hydroxyl groups is 1. The molecule has 0 radical (unpaired) electrons. The summed E-state index contributed by atoms with van der Waals surface area (Å²) < 4.78 is 0. The number of β-amino-alcohol motifs (C(OH)–C–C–N with tert-alkyl or cyclic N) is 1. The third kappa shape index (κ3) is 2.02. The number of anilines is 2. The maximum atomic E-state index is 11.8. The molecular weight excluding hydrogens is 236 g/mol. The summed E-state index contributed by atoms with van der Waals surface area (Å²) in [6.07, 6.45) is 0. The van der Waals surface area contributed by atoms with Gasteiger partial charge in [0.1, 0.15) is 0 Å². The Hall–Kier alpha value is -2.08. The lowest BCUT2D eigenvalue weighted by molar-refractivity contribution is -0.117. The van der Waals surface area contributed by atoms with Crippen LogP contribution in [-0.2, 0) is 4.79 Å². The molecule has 6 heteroatoms. The number of likely N-dealkylation sites (N-methyl/N-ethyl adjacent to an activating group) is 1. The van der Waals surface area contributed by atoms with Crippen molar-refractivity contribution < 1.29 is 19.8 Å². The van der Waals surface area contributed by atoms with E-state index in [2.05, 4.69) is 0 Å². The second-order valence-electron chi connectivity index (χ2n) is 4.11. The zero-order chi connectivity index (χ0) is 13.3. The number of aliphatic hydroxyl groups excluding tert-OH is 1. The molecule has 1 heterocycles. The first kappa shape index (κ1) is 12.4. The quantitative estimate of drug-likeness (QED) is 0.798. The SMILES string of the molecule is CN1C(=O)CN(CCO)c2ccc(C(=O)O)cc21. The molecule has 0 spiro atoms. The molecule has 2 N–H and O–H groups in total. The highest BCUT2D eigenvalue weighted by Gasteiger charge is 2.27. The summed E-state index contributed by atoms with van der Waals surface area (Å²) in [6.45, 7) is 0.479. The van der Waals surface area contributed by atoms with E-state index in [4.69, 9.17) is 10.2 Å². The Kier molecular flexibility index (Phi) is 3.20. The van der Waals surface area contributed by atoms with Crippen molar-refractivity contribution in [2.45, 2.75) is 0 Å². The minimum Gasteiger partial charge on any atom is -0.478 e. The van der Waals surface area contributed by atoms with Crippen LogP contribution in [0.4, 0.5) is 11.4 Å². The van der Waals surface area contributed by atoms with E-state index in [9.17, 15) is 9.59 Å². The summed E-state index contributed by atoms with van der Waals surface area (Å²) in [7, 11) is 1.61. The van der Waals surface area contributed by atoms with Gasteiger partial charge in [0.15, 0.2) is 0 Å². The molecule has 0 bridgehead atoms. The van der Waals surface area contributed by atoms with Crippen LogP contribution in [-0.4, -0.2) is 48.8 Å². The maximum Gasteiger partial charge on any atom is 0.335 e. The van der Waals surface area contributed by atoms with E-state index in [1.807, 2.05) is 0 Å². The molecule has 0 atom stereocenters. The number of fused-ring (bicyclic) bond motifs is 1. The van der Waals surface area contributed by atoms with E-state index in [1.54, 1.807) is 18.0 Å². The number of aromatic carboxylic acids is 1. The molecule has 1 aromatic carbocycles. The molecule has 0 aliphatic carbocycles. The summed E-state index contributed by atoms with van der Waals surface area (Å²) in [5.41, 5.74) is 1.45. The van der Waals surface area contributed by atoms with E-state index >= 15 is 0 Å². The van der Waals surface area contributed by atoms with Gasteiger partial charge in [-0.2, -0.15) is 0 Å². The van der Waals surface area contributed by atoms with Crippen molar-refractivity contribution in [2.75, 3.05) is 36.5 Å². The first-order valence-electron chi connectivity index (χ1n) is 5.54. The number of carbonyl (C=O) groups is 2. The fourth-order valence-electron chi connectivity index (χ4n) is 2.00. The maximum absolute atomic E-state index is 11.8. The number of carboxylic acid groups (broad SMARTS) is 1. The monoisotopic (exact) mass is 250 g/mol. The number of benzene rings is 1. The van der Waals surface area contributed by atoms with Crippen molar-refractivity contribution in [1.82, 2.24) is 0 Å². The highest BCUT2D eigenvalue weighted by molar-refractivity contribution is 6.04. The molecule has 1 aromatic rings. The smallest absolute Gasteiger partial charge is 0.335 e. The van der Waals surface area contributed by atoms with Crippen LogP contribution in [0.3, 0.4) is 0 Å². The van der Waals surface area contributed by atoms with Crippen molar-refractivity contribution in [3.8, 4) is 0 Å². The highest BCUT2D eigenvalue weighted by Crippen LogP contribution is 2.33. The van der Waals surface area contributed by atoms with Gasteiger partial charge in [-0.25, -0.2) is 4.79 Å². The zero-order valence-corrected chi connectivity index (χ0v) is 9.96. The van der Waals surface area contributed by atoms with Crippen LogP contribution in [0.1, 0.15) is 10.4 Å². The van der Waals surface area contributed by atoms with Gasteiger partial charge in [-0.05, 0) is 18.2 Å². The number of carboxylic acids is 1. The molecule has 1 amide bonds. The molecule has 0 saturated heterocycles. The largest absolute Gasteiger partial charge is 0.478 e. The molecule has 0 unspecified atom stereocenters. The number of amides is 1. The second kappa shape index (κ2) is 4.66. The predicted octanol–water partition coefficient (Wildman–Crippen LogP) is 0.160. The van der Waals surface area contributed by atoms with Crippen LogP contribution in [0.25, 0.3) is 0 Å². The van der Waals surface area contributed by atoms with Crippen molar-refractivity contribution in [3.63, 3.8) is 0 Å². The van der Waals surface area contributed by atoms with Crippen molar-refractivity contribution in [2.24, 2.45) is 0 Å². The van der Waals surface area contributed by atoms with E-state index in [-0.39, 0.29) is 24.6 Å². The van der Waals surface area contributed by atoms with Gasteiger partial charge >= 0.3 is 5.97 Å². The Balaban J connectivity index is 2.48. The Labute approximate surface area is 104 Å². The molecule has 6 nitrogen and oxygen atoms in total. The first-order chi connectivity index (χ1) is 8.54. The predicted molar refractivity (Wildman–Crippen MR) is 66.1 cm³/mol. The lowest BCUT2D eigenvalue weighted by atomic mass is 10.1. The Morgan fingerprint density at radius 3 is 2.72 bits per heavy atom. The zero-order valence-electron chi connectivity index (χ0n) is 9.96. The Morgan fingerprint density at radius 2 is 2.11 bits per heavy atom. The van der Waals surface area contributed by atoms with E-state index in [0.717, 1.165) is 5.69 Å². The number of nitrogens with zero attached hydrogens (tertiary/aromatic N) is 2. The standard InChI is InChI=1S/C12H14N2O4/c1-13-10-6-8(12(17)18)2-3-9(10)14(4-5-15)7-11(13)16/h2-3,6,15H,4-5,7H2,1H3,(H,17,18). The number of hydrogen-bond donors (Lipinski definition) is 2. The van der Waals surface area contributed by atoms with Gasteiger partial charge in [-0.15, -0.1) is 0 Å². The van der Waals surface area contributed by atoms with Gasteiger partial charge in [0.05, 0.1) is 30.1 Å². The molecule has 1 aliphatic heterocycles. The van der Waals surface area contributed by atoms with Crippen LogP contribution in [0, 0.1) is 0 Å². The molecule has 0 fully saturated rings. The molecular formula is C12H14N2O4. The van der Waals surface area contributed by atoms with Crippen LogP contribution in [0.2, 0.25) is 0 Å². The molecule has 2 rings (SSSR count). The summed E-state index contributed by atoms with van der Waals surface area (Å²) in [6, 6.07) is 4.63. The van der Waals surface area contributed by atoms with Gasteiger partial charge in [0, 0.05) is 13.6 Å². The average Bonchev–Trinajstić information content (AvgIpc) is 2.35. The fraction of sp³-hybridized carbons (Fsp3) is 0.333. The average molecular weight is 250 g/mol. The van der Waals surface area contributed by atoms with Crippen molar-refractivity contribution >= 4 is 23.3 Å². The summed E-state index contributed by atoms with van der Waals surface area (Å²) >= 11 is 0. The van der Waals surface area contributed by atoms with Gasteiger partial charge in [-0.3, -0.25) is 4.79 Å². The van der Waals surface area contributed by atoms with E-state index in [0.29, 0.717) is 12.2 Å². The summed E-state index contributed by atoms with van der Waals surface area (Å²) in [4.78, 5) is 25.9. The molecule has 96 valence electrons. The second-order valence-corrected chi connectivity index (χ2v) is 4.11. The van der Waals surface area contributed by atoms with Crippen LogP contribution in [0.15, 0.2) is 18.2 Å². The van der Waals surface area contributed by atoms with Gasteiger partial charge in [0.25, 0.3) is 0 Å². The van der Waals surface area contributed by atoms with Crippen molar-refractivity contribution in [3.05, 3.63) is 23.8 Å². The van der Waals surface area contributed by atoms with Crippen LogP contribution < -0.4 is 9.80 Å². The van der Waals surface area contributed by atoms with Gasteiger partial charge in [-0.1, -0.05) is 0 Å². The molecule has 0 saturated carbocycles. The first-order valence-corrected chi connectivity index (χ1v) is 5.54. The topological polar surface area (TPSA) is 81.1 Å². The van der Waals surface area contributed by atoms with E-state index in [1.165, 1.54) is 17.0 Å². The number of rotatable bonds is 3.